The van der Waals surface area contributed by atoms with E-state index in [2.05, 4.69) is 5.32 Å². The number of ether oxygens (including phenoxy) is 2. The maximum Gasteiger partial charge on any atom is 0.414 e. The van der Waals surface area contributed by atoms with E-state index in [1.54, 1.807) is 0 Å². The SMILES string of the molecule is CC(=O)NC[C@@H]1CN(c2ccc(N3CCOC3=O)c(F)c2)C(=O)O1. The van der Waals surface area contributed by atoms with Crippen LogP contribution in [0.15, 0.2) is 18.2 Å². The summed E-state index contributed by atoms with van der Waals surface area (Å²) in [7, 11) is 0. The molecule has 0 unspecified atom stereocenters. The monoisotopic (exact) mass is 337 g/mol. The molecule has 8 nitrogen and oxygen atoms in total. The Hall–Kier alpha value is -2.84. The van der Waals surface area contributed by atoms with Crippen LogP contribution in [0.4, 0.5) is 25.4 Å². The van der Waals surface area contributed by atoms with Gasteiger partial charge in [-0.05, 0) is 18.2 Å². The van der Waals surface area contributed by atoms with Crippen LogP contribution in [0.25, 0.3) is 0 Å². The number of halogens is 1. The van der Waals surface area contributed by atoms with Crippen molar-refractivity contribution in [2.45, 2.75) is 13.0 Å². The summed E-state index contributed by atoms with van der Waals surface area (Å²) < 4.78 is 24.2. The summed E-state index contributed by atoms with van der Waals surface area (Å²) in [4.78, 5) is 36.8. The first-order valence-corrected chi connectivity index (χ1v) is 7.42. The van der Waals surface area contributed by atoms with Gasteiger partial charge >= 0.3 is 12.2 Å². The van der Waals surface area contributed by atoms with Gasteiger partial charge in [-0.25, -0.2) is 14.0 Å². The van der Waals surface area contributed by atoms with Gasteiger partial charge in [-0.2, -0.15) is 0 Å². The lowest BCUT2D eigenvalue weighted by atomic mass is 10.2. The van der Waals surface area contributed by atoms with Crippen LogP contribution in [-0.4, -0.2) is 50.4 Å². The van der Waals surface area contributed by atoms with Crippen LogP contribution in [0.5, 0.6) is 0 Å². The summed E-state index contributed by atoms with van der Waals surface area (Å²) in [6.45, 7) is 2.25. The van der Waals surface area contributed by atoms with E-state index >= 15 is 0 Å². The van der Waals surface area contributed by atoms with Crippen molar-refractivity contribution >= 4 is 29.5 Å². The fourth-order valence-electron chi connectivity index (χ4n) is 2.59. The number of carbonyl (C=O) groups excluding carboxylic acids is 3. The molecule has 0 aromatic heterocycles. The van der Waals surface area contributed by atoms with Gasteiger partial charge in [-0.15, -0.1) is 0 Å². The molecule has 1 aromatic carbocycles. The molecule has 2 aliphatic heterocycles. The Balaban J connectivity index is 1.73. The van der Waals surface area contributed by atoms with Gasteiger partial charge in [0.05, 0.1) is 31.0 Å². The number of hydrogen-bond donors (Lipinski definition) is 1. The van der Waals surface area contributed by atoms with Crippen LogP contribution < -0.4 is 15.1 Å². The molecule has 9 heteroatoms. The van der Waals surface area contributed by atoms with Crippen molar-refractivity contribution in [1.82, 2.24) is 5.32 Å². The third-order valence-corrected chi connectivity index (χ3v) is 3.75. The molecule has 0 radical (unpaired) electrons. The van der Waals surface area contributed by atoms with Crippen molar-refractivity contribution < 1.29 is 28.2 Å². The summed E-state index contributed by atoms with van der Waals surface area (Å²) in [5, 5.41) is 2.57. The smallest absolute Gasteiger partial charge is 0.414 e. The second-order valence-electron chi connectivity index (χ2n) is 5.46. The largest absolute Gasteiger partial charge is 0.447 e. The average Bonchev–Trinajstić information content (AvgIpc) is 3.11. The molecular weight excluding hydrogens is 321 g/mol. The zero-order valence-corrected chi connectivity index (χ0v) is 13.0. The minimum absolute atomic E-state index is 0.101. The van der Waals surface area contributed by atoms with Gasteiger partial charge in [0.1, 0.15) is 18.5 Å². The number of carbonyl (C=O) groups is 3. The predicted octanol–water partition coefficient (Wildman–Crippen LogP) is 1.24. The molecule has 2 fully saturated rings. The highest BCUT2D eigenvalue weighted by atomic mass is 19.1. The molecule has 0 aliphatic carbocycles. The number of nitrogens with one attached hydrogen (secondary N) is 1. The number of hydrogen-bond acceptors (Lipinski definition) is 5. The summed E-state index contributed by atoms with van der Waals surface area (Å²) in [6.07, 6.45) is -1.71. The summed E-state index contributed by atoms with van der Waals surface area (Å²) in [6, 6.07) is 4.13. The van der Waals surface area contributed by atoms with Crippen molar-refractivity contribution in [1.29, 1.82) is 0 Å². The van der Waals surface area contributed by atoms with E-state index in [-0.39, 0.29) is 37.8 Å². The number of amides is 3. The van der Waals surface area contributed by atoms with Crippen LogP contribution in [0.2, 0.25) is 0 Å². The third-order valence-electron chi connectivity index (χ3n) is 3.75. The highest BCUT2D eigenvalue weighted by molar-refractivity contribution is 5.92. The normalized spacial score (nSPS) is 20.2. The van der Waals surface area contributed by atoms with Crippen molar-refractivity contribution in [2.24, 2.45) is 0 Å². The first kappa shape index (κ1) is 16.0. The van der Waals surface area contributed by atoms with Crippen LogP contribution in [0.3, 0.4) is 0 Å². The van der Waals surface area contributed by atoms with E-state index in [0.29, 0.717) is 5.69 Å². The second kappa shape index (κ2) is 6.34. The number of benzene rings is 1. The molecule has 3 rings (SSSR count). The molecule has 0 saturated carbocycles. The number of anilines is 2. The Morgan fingerprint density at radius 2 is 2.12 bits per heavy atom. The van der Waals surface area contributed by atoms with E-state index < -0.39 is 24.1 Å². The van der Waals surface area contributed by atoms with Gasteiger partial charge < -0.3 is 14.8 Å². The molecule has 2 saturated heterocycles. The molecule has 1 aromatic rings. The van der Waals surface area contributed by atoms with E-state index in [1.165, 1.54) is 34.9 Å². The Labute approximate surface area is 137 Å². The zero-order chi connectivity index (χ0) is 17.3. The van der Waals surface area contributed by atoms with E-state index in [1.807, 2.05) is 0 Å². The fourth-order valence-corrected chi connectivity index (χ4v) is 2.59. The van der Waals surface area contributed by atoms with Gasteiger partial charge in [-0.1, -0.05) is 0 Å². The predicted molar refractivity (Wildman–Crippen MR) is 81.4 cm³/mol. The molecule has 128 valence electrons. The number of cyclic esters (lactones) is 2. The van der Waals surface area contributed by atoms with E-state index in [9.17, 15) is 18.8 Å². The van der Waals surface area contributed by atoms with Crippen LogP contribution in [0, 0.1) is 5.82 Å². The van der Waals surface area contributed by atoms with Gasteiger partial charge in [-0.3, -0.25) is 14.6 Å². The third kappa shape index (κ3) is 3.10. The van der Waals surface area contributed by atoms with Gasteiger partial charge in [0.25, 0.3) is 0 Å². The minimum Gasteiger partial charge on any atom is -0.447 e. The molecule has 3 amide bonds. The first-order chi connectivity index (χ1) is 11.5. The molecule has 1 N–H and O–H groups in total. The maximum absolute atomic E-state index is 14.3. The molecule has 0 bridgehead atoms. The van der Waals surface area contributed by atoms with Crippen molar-refractivity contribution in [2.75, 3.05) is 36.0 Å². The van der Waals surface area contributed by atoms with E-state index in [4.69, 9.17) is 9.47 Å². The zero-order valence-electron chi connectivity index (χ0n) is 13.0. The lowest BCUT2D eigenvalue weighted by molar-refractivity contribution is -0.119. The van der Waals surface area contributed by atoms with Crippen molar-refractivity contribution in [3.63, 3.8) is 0 Å². The minimum atomic E-state index is -0.635. The number of nitrogens with zero attached hydrogens (tertiary/aromatic N) is 2. The second-order valence-corrected chi connectivity index (χ2v) is 5.46. The molecule has 0 spiro atoms. The van der Waals surface area contributed by atoms with E-state index in [0.717, 1.165) is 0 Å². The van der Waals surface area contributed by atoms with Crippen LogP contribution in [-0.2, 0) is 14.3 Å². The van der Waals surface area contributed by atoms with Gasteiger partial charge in [0.2, 0.25) is 5.91 Å². The van der Waals surface area contributed by atoms with Crippen molar-refractivity contribution in [3.05, 3.63) is 24.0 Å². The topological polar surface area (TPSA) is 88.2 Å². The summed E-state index contributed by atoms with van der Waals surface area (Å²) in [5.74, 6) is -0.859. The number of rotatable bonds is 4. The highest BCUT2D eigenvalue weighted by Gasteiger charge is 2.33. The van der Waals surface area contributed by atoms with Crippen LogP contribution >= 0.6 is 0 Å². The first-order valence-electron chi connectivity index (χ1n) is 7.42. The fraction of sp³-hybridized carbons (Fsp3) is 0.400. The Kier molecular flexibility index (Phi) is 4.24. The van der Waals surface area contributed by atoms with Gasteiger partial charge in [0.15, 0.2) is 0 Å². The lowest BCUT2D eigenvalue weighted by Crippen LogP contribution is -2.33. The van der Waals surface area contributed by atoms with Gasteiger partial charge in [0, 0.05) is 6.92 Å². The molecule has 1 atom stereocenters. The standard InChI is InChI=1S/C15H16FN3O5/c1-9(20)17-7-11-8-19(15(22)24-11)10-2-3-13(12(16)6-10)18-4-5-23-14(18)21/h2-3,6,11H,4-5,7-8H2,1H3,(H,17,20)/t11-/m1/s1. The molecular formula is C15H16FN3O5. The summed E-state index contributed by atoms with van der Waals surface area (Å²) in [5.41, 5.74) is 0.419. The van der Waals surface area contributed by atoms with Crippen molar-refractivity contribution in [3.8, 4) is 0 Å². The Morgan fingerprint density at radius 3 is 2.75 bits per heavy atom. The average molecular weight is 337 g/mol. The highest BCUT2D eigenvalue weighted by Crippen LogP contribution is 2.29. The summed E-state index contributed by atoms with van der Waals surface area (Å²) >= 11 is 0. The Bertz CT molecular complexity index is 696. The Morgan fingerprint density at radius 1 is 1.33 bits per heavy atom. The molecule has 24 heavy (non-hydrogen) atoms. The molecule has 2 aliphatic rings. The lowest BCUT2D eigenvalue weighted by Gasteiger charge is -2.17. The molecule has 2 heterocycles. The quantitative estimate of drug-likeness (QED) is 0.893. The maximum atomic E-state index is 14.3. The van der Waals surface area contributed by atoms with Crippen LogP contribution in [0.1, 0.15) is 6.92 Å².